The standard InChI is InChI=1S/C23H20N4O3/c1-15-8-13-20(29-2)19(14-15)25-23(28)24-18-11-9-17(10-12-18)22-27-26-21(30-22)16-6-4-3-5-7-16/h3-14H,1-2H3,(H2,24,25,28). The molecule has 0 saturated heterocycles. The molecule has 0 aliphatic heterocycles. The van der Waals surface area contributed by atoms with Gasteiger partial charge in [0.1, 0.15) is 5.75 Å². The highest BCUT2D eigenvalue weighted by Gasteiger charge is 2.11. The van der Waals surface area contributed by atoms with Gasteiger partial charge in [0, 0.05) is 16.8 Å². The van der Waals surface area contributed by atoms with Crippen molar-refractivity contribution in [3.05, 3.63) is 78.4 Å². The van der Waals surface area contributed by atoms with E-state index in [0.29, 0.717) is 28.9 Å². The molecule has 0 saturated carbocycles. The summed E-state index contributed by atoms with van der Waals surface area (Å²) in [6.45, 7) is 1.95. The monoisotopic (exact) mass is 400 g/mol. The molecule has 3 aromatic carbocycles. The third kappa shape index (κ3) is 4.30. The highest BCUT2D eigenvalue weighted by molar-refractivity contribution is 6.00. The Bertz CT molecular complexity index is 1150. The van der Waals surface area contributed by atoms with Crippen molar-refractivity contribution < 1.29 is 13.9 Å². The molecule has 0 atom stereocenters. The third-order valence-electron chi connectivity index (χ3n) is 4.44. The quantitative estimate of drug-likeness (QED) is 0.470. The first kappa shape index (κ1) is 19.2. The normalized spacial score (nSPS) is 10.5. The summed E-state index contributed by atoms with van der Waals surface area (Å²) in [5.74, 6) is 1.46. The van der Waals surface area contributed by atoms with Crippen LogP contribution in [0.1, 0.15) is 5.56 Å². The van der Waals surface area contributed by atoms with E-state index in [1.807, 2.05) is 67.6 Å². The zero-order chi connectivity index (χ0) is 20.9. The summed E-state index contributed by atoms with van der Waals surface area (Å²) >= 11 is 0. The first-order chi connectivity index (χ1) is 14.6. The molecule has 0 spiro atoms. The van der Waals surface area contributed by atoms with Gasteiger partial charge in [-0.1, -0.05) is 24.3 Å². The number of amides is 2. The van der Waals surface area contributed by atoms with Gasteiger partial charge in [-0.05, 0) is 61.0 Å². The Balaban J connectivity index is 1.44. The van der Waals surface area contributed by atoms with Gasteiger partial charge in [-0.15, -0.1) is 10.2 Å². The minimum atomic E-state index is -0.365. The van der Waals surface area contributed by atoms with Gasteiger partial charge in [-0.25, -0.2) is 4.79 Å². The Hall–Kier alpha value is -4.13. The molecule has 30 heavy (non-hydrogen) atoms. The minimum absolute atomic E-state index is 0.365. The van der Waals surface area contributed by atoms with Gasteiger partial charge in [-0.3, -0.25) is 0 Å². The van der Waals surface area contributed by atoms with Crippen molar-refractivity contribution in [3.8, 4) is 28.7 Å². The fourth-order valence-corrected chi connectivity index (χ4v) is 2.94. The molecule has 2 N–H and O–H groups in total. The summed E-state index contributed by atoms with van der Waals surface area (Å²) in [5, 5.41) is 13.8. The molecule has 0 fully saturated rings. The number of ether oxygens (including phenoxy) is 1. The molecule has 2 amide bonds. The number of aromatic nitrogens is 2. The van der Waals surface area contributed by atoms with Crippen molar-refractivity contribution in [1.29, 1.82) is 0 Å². The van der Waals surface area contributed by atoms with Crippen LogP contribution in [0.2, 0.25) is 0 Å². The van der Waals surface area contributed by atoms with E-state index in [0.717, 1.165) is 16.7 Å². The second-order valence-corrected chi connectivity index (χ2v) is 6.64. The average Bonchev–Trinajstić information content (AvgIpc) is 3.25. The molecule has 4 aromatic rings. The van der Waals surface area contributed by atoms with E-state index in [1.165, 1.54) is 0 Å². The molecule has 7 heteroatoms. The van der Waals surface area contributed by atoms with Crippen LogP contribution in [0.25, 0.3) is 22.9 Å². The summed E-state index contributed by atoms with van der Waals surface area (Å²) < 4.78 is 11.0. The summed E-state index contributed by atoms with van der Waals surface area (Å²) in [7, 11) is 1.56. The first-order valence-corrected chi connectivity index (χ1v) is 9.34. The van der Waals surface area contributed by atoms with E-state index < -0.39 is 0 Å². The first-order valence-electron chi connectivity index (χ1n) is 9.34. The van der Waals surface area contributed by atoms with Crippen molar-refractivity contribution in [3.63, 3.8) is 0 Å². The molecule has 0 bridgehead atoms. The molecule has 7 nitrogen and oxygen atoms in total. The molecular formula is C23H20N4O3. The van der Waals surface area contributed by atoms with Gasteiger partial charge in [0.15, 0.2) is 0 Å². The van der Waals surface area contributed by atoms with E-state index in [2.05, 4.69) is 20.8 Å². The fourth-order valence-electron chi connectivity index (χ4n) is 2.94. The number of aryl methyl sites for hydroxylation is 1. The van der Waals surface area contributed by atoms with Crippen LogP contribution in [0.15, 0.2) is 77.2 Å². The summed E-state index contributed by atoms with van der Waals surface area (Å²) in [4.78, 5) is 12.4. The summed E-state index contributed by atoms with van der Waals surface area (Å²) in [5.41, 5.74) is 3.87. The highest BCUT2D eigenvalue weighted by Crippen LogP contribution is 2.26. The molecule has 1 aromatic heterocycles. The summed E-state index contributed by atoms with van der Waals surface area (Å²) in [6.07, 6.45) is 0. The van der Waals surface area contributed by atoms with Crippen molar-refractivity contribution in [2.24, 2.45) is 0 Å². The number of carbonyl (C=O) groups excluding carboxylic acids is 1. The SMILES string of the molecule is COc1ccc(C)cc1NC(=O)Nc1ccc(-c2nnc(-c3ccccc3)o2)cc1. The molecule has 1 heterocycles. The Morgan fingerprint density at radius 3 is 2.20 bits per heavy atom. The second-order valence-electron chi connectivity index (χ2n) is 6.64. The van der Waals surface area contributed by atoms with Gasteiger partial charge in [0.2, 0.25) is 11.8 Å². The van der Waals surface area contributed by atoms with E-state index in [-0.39, 0.29) is 6.03 Å². The topological polar surface area (TPSA) is 89.3 Å². The Morgan fingerprint density at radius 2 is 1.53 bits per heavy atom. The molecule has 0 radical (unpaired) electrons. The average molecular weight is 400 g/mol. The van der Waals surface area contributed by atoms with Crippen LogP contribution in [0.4, 0.5) is 16.2 Å². The maximum atomic E-state index is 12.4. The largest absolute Gasteiger partial charge is 0.495 e. The van der Waals surface area contributed by atoms with E-state index in [9.17, 15) is 4.79 Å². The van der Waals surface area contributed by atoms with Crippen LogP contribution in [0.3, 0.4) is 0 Å². The molecule has 0 unspecified atom stereocenters. The number of benzene rings is 3. The predicted octanol–water partition coefficient (Wildman–Crippen LogP) is 5.36. The van der Waals surface area contributed by atoms with Gasteiger partial charge >= 0.3 is 6.03 Å². The van der Waals surface area contributed by atoms with E-state index in [1.54, 1.807) is 19.2 Å². The molecule has 150 valence electrons. The summed E-state index contributed by atoms with van der Waals surface area (Å²) in [6, 6.07) is 22.0. The molecule has 0 aliphatic carbocycles. The third-order valence-corrected chi connectivity index (χ3v) is 4.44. The van der Waals surface area contributed by atoms with Crippen LogP contribution in [-0.4, -0.2) is 23.3 Å². The molecule has 0 aliphatic rings. The number of urea groups is 1. The Kier molecular flexibility index (Phi) is 5.43. The number of methoxy groups -OCH3 is 1. The lowest BCUT2D eigenvalue weighted by Crippen LogP contribution is -2.19. The number of nitrogens with one attached hydrogen (secondary N) is 2. The van der Waals surface area contributed by atoms with Crippen LogP contribution in [0.5, 0.6) is 5.75 Å². The Morgan fingerprint density at radius 1 is 0.867 bits per heavy atom. The Labute approximate surface area is 173 Å². The zero-order valence-electron chi connectivity index (χ0n) is 16.5. The van der Waals surface area contributed by atoms with Gasteiger partial charge < -0.3 is 19.8 Å². The zero-order valence-corrected chi connectivity index (χ0v) is 16.5. The lowest BCUT2D eigenvalue weighted by molar-refractivity contribution is 0.262. The fraction of sp³-hybridized carbons (Fsp3) is 0.0870. The van der Waals surface area contributed by atoms with Crippen molar-refractivity contribution in [1.82, 2.24) is 10.2 Å². The smallest absolute Gasteiger partial charge is 0.323 e. The molecule has 4 rings (SSSR count). The number of carbonyl (C=O) groups is 1. The van der Waals surface area contributed by atoms with Crippen LogP contribution < -0.4 is 15.4 Å². The van der Waals surface area contributed by atoms with Crippen LogP contribution >= 0.6 is 0 Å². The van der Waals surface area contributed by atoms with Crippen molar-refractivity contribution in [2.75, 3.05) is 17.7 Å². The van der Waals surface area contributed by atoms with Crippen LogP contribution in [-0.2, 0) is 0 Å². The number of hydrogen-bond donors (Lipinski definition) is 2. The lowest BCUT2D eigenvalue weighted by Gasteiger charge is -2.12. The lowest BCUT2D eigenvalue weighted by atomic mass is 10.2. The van der Waals surface area contributed by atoms with Crippen LogP contribution in [0, 0.1) is 6.92 Å². The maximum absolute atomic E-state index is 12.4. The highest BCUT2D eigenvalue weighted by atomic mass is 16.5. The predicted molar refractivity (Wildman–Crippen MR) is 116 cm³/mol. The number of anilines is 2. The van der Waals surface area contributed by atoms with Gasteiger partial charge in [-0.2, -0.15) is 0 Å². The number of rotatable bonds is 5. The van der Waals surface area contributed by atoms with Gasteiger partial charge in [0.25, 0.3) is 0 Å². The number of nitrogens with zero attached hydrogens (tertiary/aromatic N) is 2. The van der Waals surface area contributed by atoms with Crippen molar-refractivity contribution in [2.45, 2.75) is 6.92 Å². The van der Waals surface area contributed by atoms with E-state index in [4.69, 9.17) is 9.15 Å². The number of hydrogen-bond acceptors (Lipinski definition) is 5. The van der Waals surface area contributed by atoms with Gasteiger partial charge in [0.05, 0.1) is 12.8 Å². The van der Waals surface area contributed by atoms with Crippen molar-refractivity contribution >= 4 is 17.4 Å². The molecular weight excluding hydrogens is 380 g/mol. The maximum Gasteiger partial charge on any atom is 0.323 e. The van der Waals surface area contributed by atoms with E-state index >= 15 is 0 Å². The minimum Gasteiger partial charge on any atom is -0.495 e. The second kappa shape index (κ2) is 8.48.